The lowest BCUT2D eigenvalue weighted by molar-refractivity contribution is 0.775. The van der Waals surface area contributed by atoms with Crippen LogP contribution >= 0.6 is 0 Å². The molecule has 1 aromatic heterocycles. The van der Waals surface area contributed by atoms with E-state index < -0.39 is 5.41 Å². The number of fused-ring (bicyclic) bond motifs is 12. The molecule has 8 aromatic carbocycles. The zero-order chi connectivity index (χ0) is 36.3. The molecule has 0 atom stereocenters. The number of hydrogen-bond donors (Lipinski definition) is 0. The van der Waals surface area contributed by atoms with Gasteiger partial charge in [0.05, 0.1) is 16.8 Å². The topological polar surface area (TPSA) is 25.8 Å². The zero-order valence-corrected chi connectivity index (χ0v) is 30.0. The van der Waals surface area contributed by atoms with Crippen LogP contribution in [0.3, 0.4) is 0 Å². The Morgan fingerprint density at radius 2 is 0.673 bits per heavy atom. The first-order chi connectivity index (χ1) is 27.3. The lowest BCUT2D eigenvalue weighted by Gasteiger charge is -2.35. The largest absolute Gasteiger partial charge is 0.228 e. The van der Waals surface area contributed by atoms with Crippen LogP contribution < -0.4 is 0 Å². The lowest BCUT2D eigenvalue weighted by Crippen LogP contribution is -2.29. The third kappa shape index (κ3) is 4.75. The Kier molecular flexibility index (Phi) is 7.11. The zero-order valence-electron chi connectivity index (χ0n) is 30.0. The van der Waals surface area contributed by atoms with Crippen LogP contribution in [0.5, 0.6) is 0 Å². The third-order valence-corrected chi connectivity index (χ3v) is 11.6. The number of aromatic nitrogens is 2. The van der Waals surface area contributed by atoms with Gasteiger partial charge in [-0.15, -0.1) is 0 Å². The van der Waals surface area contributed by atoms with E-state index in [0.29, 0.717) is 5.82 Å². The van der Waals surface area contributed by atoms with Gasteiger partial charge in [0.15, 0.2) is 5.82 Å². The van der Waals surface area contributed by atoms with Crippen LogP contribution in [0.25, 0.3) is 78.4 Å². The van der Waals surface area contributed by atoms with E-state index >= 15 is 0 Å². The van der Waals surface area contributed by atoms with Crippen molar-refractivity contribution in [3.8, 4) is 78.4 Å². The van der Waals surface area contributed by atoms with Gasteiger partial charge in [-0.05, 0) is 78.9 Å². The monoisotopic (exact) mass is 698 g/mol. The molecule has 0 saturated heterocycles. The van der Waals surface area contributed by atoms with Crippen molar-refractivity contribution in [3.05, 3.63) is 229 Å². The molecule has 0 aliphatic heterocycles. The minimum Gasteiger partial charge on any atom is -0.228 e. The predicted octanol–water partition coefficient (Wildman–Crippen LogP) is 13.2. The first kappa shape index (κ1) is 31.4. The van der Waals surface area contributed by atoms with Gasteiger partial charge in [0, 0.05) is 16.7 Å². The highest BCUT2D eigenvalue weighted by Crippen LogP contribution is 2.61. The van der Waals surface area contributed by atoms with Crippen molar-refractivity contribution in [1.82, 2.24) is 9.97 Å². The van der Waals surface area contributed by atoms with Gasteiger partial charge >= 0.3 is 0 Å². The van der Waals surface area contributed by atoms with Gasteiger partial charge in [-0.1, -0.05) is 194 Å². The minimum atomic E-state index is -0.517. The van der Waals surface area contributed by atoms with Crippen molar-refractivity contribution < 1.29 is 0 Å². The van der Waals surface area contributed by atoms with Crippen LogP contribution in [0, 0.1) is 0 Å². The van der Waals surface area contributed by atoms with Gasteiger partial charge in [-0.3, -0.25) is 0 Å². The van der Waals surface area contributed by atoms with Crippen LogP contribution in [-0.2, 0) is 5.41 Å². The number of hydrogen-bond acceptors (Lipinski definition) is 2. The fraction of sp³-hybridized carbons (Fsp3) is 0.0189. The van der Waals surface area contributed by atoms with Gasteiger partial charge in [-0.2, -0.15) is 0 Å². The summed E-state index contributed by atoms with van der Waals surface area (Å²) < 4.78 is 0. The van der Waals surface area contributed by atoms with Gasteiger partial charge in [0.25, 0.3) is 0 Å². The van der Waals surface area contributed by atoms with Crippen LogP contribution in [0.15, 0.2) is 206 Å². The smallest absolute Gasteiger partial charge is 0.160 e. The summed E-state index contributed by atoms with van der Waals surface area (Å²) in [4.78, 5) is 10.5. The Labute approximate surface area is 321 Å². The van der Waals surface area contributed by atoms with Crippen molar-refractivity contribution in [3.63, 3.8) is 0 Å². The first-order valence-corrected chi connectivity index (χ1v) is 18.9. The molecule has 0 fully saturated rings. The molecule has 256 valence electrons. The fourth-order valence-electron chi connectivity index (χ4n) is 9.24. The van der Waals surface area contributed by atoms with Crippen LogP contribution in [0.4, 0.5) is 0 Å². The van der Waals surface area contributed by atoms with Gasteiger partial charge in [-0.25, -0.2) is 9.97 Å². The molecule has 11 rings (SSSR count). The van der Waals surface area contributed by atoms with Crippen molar-refractivity contribution in [2.24, 2.45) is 0 Å². The molecule has 0 amide bonds. The second-order valence-electron chi connectivity index (χ2n) is 14.4. The molecule has 2 aliphatic rings. The first-order valence-electron chi connectivity index (χ1n) is 18.9. The summed E-state index contributed by atoms with van der Waals surface area (Å²) in [5, 5.41) is 0. The maximum Gasteiger partial charge on any atom is 0.160 e. The summed E-state index contributed by atoms with van der Waals surface area (Å²) >= 11 is 0. The SMILES string of the molecule is c1ccc(-c2nc(-c3ccc4c(c3)-c3ccccc3C43c4ccccc4-c4ccccc4-c4ccccc43)cc(-c3ccccc3-c3ccccc3)n2)cc1. The summed E-state index contributed by atoms with van der Waals surface area (Å²) in [6.45, 7) is 0. The highest BCUT2D eigenvalue weighted by Gasteiger charge is 2.49. The normalized spacial score (nSPS) is 12.9. The van der Waals surface area contributed by atoms with Crippen LogP contribution in [0.1, 0.15) is 22.3 Å². The number of nitrogens with zero attached hydrogens (tertiary/aromatic N) is 2. The summed E-state index contributed by atoms with van der Waals surface area (Å²) in [5.41, 5.74) is 19.4. The molecule has 2 nitrogen and oxygen atoms in total. The van der Waals surface area contributed by atoms with Gasteiger partial charge in [0.2, 0.25) is 0 Å². The number of benzene rings is 8. The van der Waals surface area contributed by atoms with Gasteiger partial charge in [0.1, 0.15) is 0 Å². The number of rotatable bonds is 4. The Hall–Kier alpha value is -7.16. The van der Waals surface area contributed by atoms with Gasteiger partial charge < -0.3 is 0 Å². The molecule has 0 radical (unpaired) electrons. The standard InChI is InChI=1S/C53H34N2/c1-3-17-35(18-4-1)38-21-7-10-27-44(38)51-34-50(54-52(55-51)36-19-5-2-6-20-36)37-31-32-49-45(33-37)43-26-13-16-30-48(43)53(49)46-28-14-11-24-41(46)39-22-8-9-23-40(39)42-25-12-15-29-47(42)53/h1-34H. The molecule has 0 saturated carbocycles. The molecular weight excluding hydrogens is 665 g/mol. The Morgan fingerprint density at radius 1 is 0.255 bits per heavy atom. The van der Waals surface area contributed by atoms with E-state index in [1.54, 1.807) is 0 Å². The maximum atomic E-state index is 5.29. The van der Waals surface area contributed by atoms with E-state index in [-0.39, 0.29) is 0 Å². The summed E-state index contributed by atoms with van der Waals surface area (Å²) in [6, 6.07) is 74.6. The minimum absolute atomic E-state index is 0.517. The van der Waals surface area contributed by atoms with Crippen LogP contribution in [0.2, 0.25) is 0 Å². The molecule has 2 heteroatoms. The van der Waals surface area contributed by atoms with E-state index in [1.165, 1.54) is 55.6 Å². The predicted molar refractivity (Wildman–Crippen MR) is 226 cm³/mol. The summed E-state index contributed by atoms with van der Waals surface area (Å²) in [6.07, 6.45) is 0. The molecule has 9 aromatic rings. The molecule has 1 heterocycles. The molecule has 1 spiro atoms. The van der Waals surface area contributed by atoms with E-state index in [0.717, 1.165) is 39.2 Å². The quantitative estimate of drug-likeness (QED) is 0.183. The molecule has 2 aliphatic carbocycles. The Bertz CT molecular complexity index is 2860. The molecular formula is C53H34N2. The lowest BCUT2D eigenvalue weighted by atomic mass is 9.66. The van der Waals surface area contributed by atoms with Crippen LogP contribution in [-0.4, -0.2) is 9.97 Å². The van der Waals surface area contributed by atoms with E-state index in [2.05, 4.69) is 200 Å². The summed E-state index contributed by atoms with van der Waals surface area (Å²) in [5.74, 6) is 0.706. The Morgan fingerprint density at radius 3 is 1.25 bits per heavy atom. The highest BCUT2D eigenvalue weighted by molar-refractivity contribution is 5.98. The van der Waals surface area contributed by atoms with E-state index in [9.17, 15) is 0 Å². The Balaban J connectivity index is 1.17. The second kappa shape index (κ2) is 12.5. The maximum absolute atomic E-state index is 5.29. The van der Waals surface area contributed by atoms with Crippen molar-refractivity contribution in [1.29, 1.82) is 0 Å². The van der Waals surface area contributed by atoms with Crippen molar-refractivity contribution in [2.45, 2.75) is 5.41 Å². The van der Waals surface area contributed by atoms with Crippen molar-refractivity contribution in [2.75, 3.05) is 0 Å². The highest BCUT2D eigenvalue weighted by atomic mass is 14.9. The van der Waals surface area contributed by atoms with Crippen molar-refractivity contribution >= 4 is 0 Å². The molecule has 0 bridgehead atoms. The molecule has 0 N–H and O–H groups in total. The van der Waals surface area contributed by atoms with E-state index in [1.807, 2.05) is 6.07 Å². The molecule has 0 unspecified atom stereocenters. The fourth-order valence-corrected chi connectivity index (χ4v) is 9.24. The third-order valence-electron chi connectivity index (χ3n) is 11.6. The van der Waals surface area contributed by atoms with E-state index in [4.69, 9.17) is 9.97 Å². The average molecular weight is 699 g/mol. The molecule has 55 heavy (non-hydrogen) atoms. The summed E-state index contributed by atoms with van der Waals surface area (Å²) in [7, 11) is 0. The average Bonchev–Trinajstić information content (AvgIpc) is 3.51. The second-order valence-corrected chi connectivity index (χ2v) is 14.4.